The number of rotatable bonds is 5. The Morgan fingerprint density at radius 3 is 2.70 bits per heavy atom. The Bertz CT molecular complexity index is 567. The first-order chi connectivity index (χ1) is 9.78. The molecule has 1 atom stereocenters. The monoisotopic (exact) mass is 270 g/mol. The van der Waals surface area contributed by atoms with Crippen molar-refractivity contribution in [3.63, 3.8) is 0 Å². The average Bonchev–Trinajstić information content (AvgIpc) is 2.44. The van der Waals surface area contributed by atoms with Gasteiger partial charge in [-0.1, -0.05) is 42.5 Å². The zero-order valence-electron chi connectivity index (χ0n) is 12.0. The Hall–Kier alpha value is -1.38. The standard InChI is InChI=1S/C18H22O2/c1-2-20-15-10-13(11-15)12-18(19)17-9-5-7-14-6-3-4-8-16(14)17/h3-9,13,15,18-19H,2,10-12H2,1H3. The van der Waals surface area contributed by atoms with Gasteiger partial charge in [0, 0.05) is 6.61 Å². The number of benzene rings is 2. The molecule has 106 valence electrons. The second-order valence-corrected chi connectivity index (χ2v) is 5.73. The van der Waals surface area contributed by atoms with E-state index in [-0.39, 0.29) is 6.10 Å². The molecule has 0 heterocycles. The molecule has 0 spiro atoms. The minimum atomic E-state index is -0.367. The van der Waals surface area contributed by atoms with Gasteiger partial charge in [0.1, 0.15) is 0 Å². The molecule has 1 N–H and O–H groups in total. The molecule has 0 radical (unpaired) electrons. The molecule has 1 fully saturated rings. The Labute approximate surface area is 120 Å². The van der Waals surface area contributed by atoms with Gasteiger partial charge >= 0.3 is 0 Å². The van der Waals surface area contributed by atoms with Crippen molar-refractivity contribution >= 4 is 10.8 Å². The van der Waals surface area contributed by atoms with Crippen LogP contribution in [0.1, 0.15) is 37.9 Å². The lowest BCUT2D eigenvalue weighted by molar-refractivity contribution is -0.0378. The van der Waals surface area contributed by atoms with Crippen molar-refractivity contribution in [2.24, 2.45) is 5.92 Å². The zero-order valence-corrected chi connectivity index (χ0v) is 12.0. The van der Waals surface area contributed by atoms with E-state index in [2.05, 4.69) is 18.2 Å². The maximum absolute atomic E-state index is 10.5. The molecular weight excluding hydrogens is 248 g/mol. The normalized spacial score (nSPS) is 23.5. The fourth-order valence-corrected chi connectivity index (χ4v) is 3.22. The second-order valence-electron chi connectivity index (χ2n) is 5.73. The third kappa shape index (κ3) is 2.72. The smallest absolute Gasteiger partial charge is 0.0798 e. The summed E-state index contributed by atoms with van der Waals surface area (Å²) in [6, 6.07) is 14.4. The van der Waals surface area contributed by atoms with E-state index in [9.17, 15) is 5.11 Å². The zero-order chi connectivity index (χ0) is 13.9. The predicted molar refractivity (Wildman–Crippen MR) is 81.7 cm³/mol. The van der Waals surface area contributed by atoms with Gasteiger partial charge in [-0.3, -0.25) is 0 Å². The molecular formula is C18H22O2. The summed E-state index contributed by atoms with van der Waals surface area (Å²) in [6.07, 6.45) is 3.08. The molecule has 3 rings (SSSR count). The summed E-state index contributed by atoms with van der Waals surface area (Å²) in [5, 5.41) is 12.9. The largest absolute Gasteiger partial charge is 0.388 e. The SMILES string of the molecule is CCOC1CC(CC(O)c2cccc3ccccc23)C1. The predicted octanol–water partition coefficient (Wildman–Crippen LogP) is 4.08. The number of aliphatic hydroxyl groups excluding tert-OH is 1. The minimum absolute atomic E-state index is 0.367. The van der Waals surface area contributed by atoms with E-state index in [0.29, 0.717) is 12.0 Å². The summed E-state index contributed by atoms with van der Waals surface area (Å²) in [7, 11) is 0. The molecule has 20 heavy (non-hydrogen) atoms. The highest BCUT2D eigenvalue weighted by Crippen LogP contribution is 2.38. The topological polar surface area (TPSA) is 29.5 Å². The number of ether oxygens (including phenoxy) is 1. The third-order valence-corrected chi connectivity index (χ3v) is 4.33. The van der Waals surface area contributed by atoms with Gasteiger partial charge in [0.25, 0.3) is 0 Å². The summed E-state index contributed by atoms with van der Waals surface area (Å²) in [4.78, 5) is 0. The van der Waals surface area contributed by atoms with Crippen LogP contribution in [-0.2, 0) is 4.74 Å². The molecule has 1 saturated carbocycles. The number of hydrogen-bond acceptors (Lipinski definition) is 2. The van der Waals surface area contributed by atoms with Gasteiger partial charge in [0.15, 0.2) is 0 Å². The van der Waals surface area contributed by atoms with Gasteiger partial charge in [-0.05, 0) is 48.4 Å². The maximum atomic E-state index is 10.5. The first-order valence-electron chi connectivity index (χ1n) is 7.55. The Balaban J connectivity index is 1.69. The summed E-state index contributed by atoms with van der Waals surface area (Å²) in [6.45, 7) is 2.83. The van der Waals surface area contributed by atoms with Gasteiger partial charge < -0.3 is 9.84 Å². The maximum Gasteiger partial charge on any atom is 0.0798 e. The van der Waals surface area contributed by atoms with Crippen molar-refractivity contribution in [3.8, 4) is 0 Å². The highest BCUT2D eigenvalue weighted by molar-refractivity contribution is 5.85. The van der Waals surface area contributed by atoms with E-state index in [4.69, 9.17) is 4.74 Å². The van der Waals surface area contributed by atoms with Crippen LogP contribution >= 0.6 is 0 Å². The van der Waals surface area contributed by atoms with E-state index in [1.165, 1.54) is 10.8 Å². The third-order valence-electron chi connectivity index (χ3n) is 4.33. The van der Waals surface area contributed by atoms with Crippen LogP contribution in [0.5, 0.6) is 0 Å². The van der Waals surface area contributed by atoms with Crippen molar-refractivity contribution in [2.75, 3.05) is 6.61 Å². The Morgan fingerprint density at radius 2 is 1.90 bits per heavy atom. The first kappa shape index (κ1) is 13.6. The van der Waals surface area contributed by atoms with Crippen molar-refractivity contribution in [1.82, 2.24) is 0 Å². The Kier molecular flexibility index (Phi) is 4.04. The average molecular weight is 270 g/mol. The summed E-state index contributed by atoms with van der Waals surface area (Å²) in [5.74, 6) is 0.598. The minimum Gasteiger partial charge on any atom is -0.388 e. The van der Waals surface area contributed by atoms with Gasteiger partial charge in [0.05, 0.1) is 12.2 Å². The summed E-state index contributed by atoms with van der Waals surface area (Å²) in [5.41, 5.74) is 1.06. The molecule has 0 aliphatic heterocycles. The highest BCUT2D eigenvalue weighted by Gasteiger charge is 2.31. The number of fused-ring (bicyclic) bond motifs is 1. The van der Waals surface area contributed by atoms with Gasteiger partial charge in [-0.15, -0.1) is 0 Å². The lowest BCUT2D eigenvalue weighted by atomic mass is 9.77. The molecule has 0 aromatic heterocycles. The van der Waals surface area contributed by atoms with E-state index in [1.807, 2.05) is 31.2 Å². The van der Waals surface area contributed by atoms with E-state index < -0.39 is 0 Å². The molecule has 2 aromatic rings. The molecule has 2 heteroatoms. The van der Waals surface area contributed by atoms with E-state index in [1.54, 1.807) is 0 Å². The van der Waals surface area contributed by atoms with Crippen LogP contribution in [0.15, 0.2) is 42.5 Å². The molecule has 0 saturated heterocycles. The molecule has 1 aliphatic carbocycles. The first-order valence-corrected chi connectivity index (χ1v) is 7.55. The van der Waals surface area contributed by atoms with Crippen LogP contribution in [0.4, 0.5) is 0 Å². The van der Waals surface area contributed by atoms with Crippen LogP contribution in [0.2, 0.25) is 0 Å². The molecule has 2 nitrogen and oxygen atoms in total. The molecule has 1 aliphatic rings. The lowest BCUT2D eigenvalue weighted by Crippen LogP contribution is -2.32. The number of aliphatic hydroxyl groups is 1. The van der Waals surface area contributed by atoms with Crippen molar-refractivity contribution in [2.45, 2.75) is 38.4 Å². The highest BCUT2D eigenvalue weighted by atomic mass is 16.5. The van der Waals surface area contributed by atoms with Gasteiger partial charge in [0.2, 0.25) is 0 Å². The van der Waals surface area contributed by atoms with Gasteiger partial charge in [-0.25, -0.2) is 0 Å². The summed E-state index contributed by atoms with van der Waals surface area (Å²) >= 11 is 0. The van der Waals surface area contributed by atoms with Crippen LogP contribution in [0, 0.1) is 5.92 Å². The van der Waals surface area contributed by atoms with E-state index >= 15 is 0 Å². The van der Waals surface area contributed by atoms with E-state index in [0.717, 1.165) is 31.4 Å². The quantitative estimate of drug-likeness (QED) is 0.887. The molecule has 2 aromatic carbocycles. The summed E-state index contributed by atoms with van der Waals surface area (Å²) < 4.78 is 5.58. The van der Waals surface area contributed by atoms with Crippen LogP contribution < -0.4 is 0 Å². The van der Waals surface area contributed by atoms with Crippen molar-refractivity contribution < 1.29 is 9.84 Å². The second kappa shape index (κ2) is 5.94. The van der Waals surface area contributed by atoms with Gasteiger partial charge in [-0.2, -0.15) is 0 Å². The van der Waals surface area contributed by atoms with Crippen molar-refractivity contribution in [1.29, 1.82) is 0 Å². The van der Waals surface area contributed by atoms with Crippen LogP contribution in [-0.4, -0.2) is 17.8 Å². The van der Waals surface area contributed by atoms with Crippen LogP contribution in [0.3, 0.4) is 0 Å². The Morgan fingerprint density at radius 1 is 1.15 bits per heavy atom. The molecule has 0 bridgehead atoms. The number of hydrogen-bond donors (Lipinski definition) is 1. The van der Waals surface area contributed by atoms with Crippen molar-refractivity contribution in [3.05, 3.63) is 48.0 Å². The van der Waals surface area contributed by atoms with Crippen LogP contribution in [0.25, 0.3) is 10.8 Å². The fraction of sp³-hybridized carbons (Fsp3) is 0.444. The fourth-order valence-electron chi connectivity index (χ4n) is 3.22. The molecule has 1 unspecified atom stereocenters. The molecule has 0 amide bonds. The lowest BCUT2D eigenvalue weighted by Gasteiger charge is -2.36.